The average molecular weight is 474 g/mol. The summed E-state index contributed by atoms with van der Waals surface area (Å²) >= 11 is 3.24. The van der Waals surface area contributed by atoms with E-state index < -0.39 is 0 Å². The summed E-state index contributed by atoms with van der Waals surface area (Å²) in [6.07, 6.45) is 3.49. The van der Waals surface area contributed by atoms with Crippen molar-refractivity contribution in [2.45, 2.75) is 29.6 Å². The summed E-state index contributed by atoms with van der Waals surface area (Å²) in [4.78, 5) is 20.8. The van der Waals surface area contributed by atoms with Crippen LogP contribution in [-0.2, 0) is 11.3 Å². The van der Waals surface area contributed by atoms with Gasteiger partial charge >= 0.3 is 0 Å². The van der Waals surface area contributed by atoms with Gasteiger partial charge < -0.3 is 9.47 Å². The number of carbonyl (C=O) groups excluding carboxylic acids is 1. The van der Waals surface area contributed by atoms with Crippen LogP contribution in [0.25, 0.3) is 11.4 Å². The molecule has 0 unspecified atom stereocenters. The van der Waals surface area contributed by atoms with E-state index >= 15 is 0 Å². The zero-order valence-corrected chi connectivity index (χ0v) is 19.8. The summed E-state index contributed by atoms with van der Waals surface area (Å²) in [7, 11) is 0. The Bertz CT molecular complexity index is 1250. The molecule has 3 heterocycles. The Morgan fingerprint density at radius 2 is 1.79 bits per heavy atom. The largest absolute Gasteiger partial charge is 0.302 e. The lowest BCUT2D eigenvalue weighted by atomic mass is 10.1. The minimum Gasteiger partial charge on any atom is -0.302 e. The normalized spacial score (nSPS) is 15.3. The molecule has 0 fully saturated rings. The summed E-state index contributed by atoms with van der Waals surface area (Å²) in [5, 5.41) is 9.51. The number of aromatic nitrogens is 4. The molecule has 2 aromatic carbocycles. The number of para-hydroxylation sites is 1. The molecular weight excluding hydrogens is 450 g/mol. The van der Waals surface area contributed by atoms with Crippen LogP contribution in [0.3, 0.4) is 0 Å². The number of amides is 1. The third-order valence-electron chi connectivity index (χ3n) is 5.58. The van der Waals surface area contributed by atoms with E-state index in [9.17, 15) is 4.79 Å². The molecule has 0 aliphatic carbocycles. The van der Waals surface area contributed by atoms with Gasteiger partial charge in [0, 0.05) is 35.2 Å². The first-order valence-corrected chi connectivity index (χ1v) is 12.8. The molecule has 33 heavy (non-hydrogen) atoms. The smallest absolute Gasteiger partial charge is 0.238 e. The van der Waals surface area contributed by atoms with Crippen LogP contribution in [0.15, 0.2) is 89.2 Å². The number of fused-ring (bicyclic) bond motifs is 1. The molecule has 0 spiro atoms. The number of rotatable bonds is 6. The Morgan fingerprint density at radius 3 is 2.58 bits per heavy atom. The maximum Gasteiger partial charge on any atom is 0.238 e. The zero-order chi connectivity index (χ0) is 22.6. The Balaban J connectivity index is 1.41. The van der Waals surface area contributed by atoms with E-state index in [4.69, 9.17) is 0 Å². The van der Waals surface area contributed by atoms with Crippen molar-refractivity contribution in [3.63, 3.8) is 0 Å². The van der Waals surface area contributed by atoms with Crippen molar-refractivity contribution in [2.75, 3.05) is 16.4 Å². The SMILES string of the molecule is CCn1c(SCC(=O)N2c3ccccc3SC[C@@H]2c2ccccc2)nnc1-c1ccncc1. The van der Waals surface area contributed by atoms with E-state index in [1.807, 2.05) is 58.0 Å². The highest BCUT2D eigenvalue weighted by Crippen LogP contribution is 2.43. The number of thioether (sulfide) groups is 2. The number of nitrogens with zero attached hydrogens (tertiary/aromatic N) is 5. The summed E-state index contributed by atoms with van der Waals surface area (Å²) in [6, 6.07) is 22.2. The van der Waals surface area contributed by atoms with Gasteiger partial charge in [0.15, 0.2) is 11.0 Å². The maximum atomic E-state index is 13.6. The fourth-order valence-corrected chi connectivity index (χ4v) is 6.04. The van der Waals surface area contributed by atoms with Gasteiger partial charge in [-0.2, -0.15) is 0 Å². The summed E-state index contributed by atoms with van der Waals surface area (Å²) in [5.74, 6) is 1.97. The number of anilines is 1. The molecule has 0 bridgehead atoms. The first kappa shape index (κ1) is 21.7. The van der Waals surface area contributed by atoms with Crippen LogP contribution in [0.4, 0.5) is 5.69 Å². The van der Waals surface area contributed by atoms with Gasteiger partial charge in [-0.15, -0.1) is 22.0 Å². The van der Waals surface area contributed by atoms with Gasteiger partial charge in [0.25, 0.3) is 0 Å². The van der Waals surface area contributed by atoms with Gasteiger partial charge in [0.05, 0.1) is 17.5 Å². The monoisotopic (exact) mass is 473 g/mol. The average Bonchev–Trinajstić information content (AvgIpc) is 3.30. The van der Waals surface area contributed by atoms with Crippen LogP contribution in [0.5, 0.6) is 0 Å². The highest BCUT2D eigenvalue weighted by Gasteiger charge is 2.32. The lowest BCUT2D eigenvalue weighted by molar-refractivity contribution is -0.116. The van der Waals surface area contributed by atoms with Crippen LogP contribution in [0.2, 0.25) is 0 Å². The minimum atomic E-state index is -0.00405. The predicted octanol–water partition coefficient (Wildman–Crippen LogP) is 5.33. The predicted molar refractivity (Wildman–Crippen MR) is 133 cm³/mol. The molecular formula is C25H23N5OS2. The van der Waals surface area contributed by atoms with E-state index in [1.165, 1.54) is 11.8 Å². The third kappa shape index (κ3) is 4.41. The number of hydrogen-bond donors (Lipinski definition) is 0. The molecule has 0 saturated heterocycles. The number of carbonyl (C=O) groups is 1. The fraction of sp³-hybridized carbons (Fsp3) is 0.200. The number of hydrogen-bond acceptors (Lipinski definition) is 6. The molecule has 0 radical (unpaired) electrons. The van der Waals surface area contributed by atoms with Crippen molar-refractivity contribution in [3.8, 4) is 11.4 Å². The van der Waals surface area contributed by atoms with Crippen LogP contribution < -0.4 is 4.90 Å². The molecule has 2 aromatic heterocycles. The standard InChI is InChI=1S/C25H23N5OS2/c1-2-29-24(19-12-14-26-15-13-19)27-28-25(29)33-17-23(31)30-20-10-6-7-11-22(20)32-16-21(30)18-8-4-3-5-9-18/h3-15,21H,2,16-17H2,1H3/t21-/m1/s1. The molecule has 5 rings (SSSR count). The quantitative estimate of drug-likeness (QED) is 0.353. The minimum absolute atomic E-state index is 0.00405. The Labute approximate surface area is 201 Å². The molecule has 0 N–H and O–H groups in total. The van der Waals surface area contributed by atoms with Crippen molar-refractivity contribution in [1.29, 1.82) is 0 Å². The van der Waals surface area contributed by atoms with E-state index in [0.717, 1.165) is 45.0 Å². The molecule has 1 aliphatic rings. The second kappa shape index (κ2) is 9.80. The zero-order valence-electron chi connectivity index (χ0n) is 18.2. The van der Waals surface area contributed by atoms with Gasteiger partial charge in [-0.25, -0.2) is 0 Å². The van der Waals surface area contributed by atoms with Gasteiger partial charge in [-0.1, -0.05) is 54.2 Å². The van der Waals surface area contributed by atoms with Gasteiger partial charge in [0.2, 0.25) is 5.91 Å². The fourth-order valence-electron chi connectivity index (χ4n) is 4.01. The van der Waals surface area contributed by atoms with Crippen LogP contribution in [0.1, 0.15) is 18.5 Å². The van der Waals surface area contributed by atoms with E-state index in [2.05, 4.69) is 40.3 Å². The van der Waals surface area contributed by atoms with Crippen molar-refractivity contribution in [1.82, 2.24) is 19.7 Å². The lowest BCUT2D eigenvalue weighted by Crippen LogP contribution is -2.39. The van der Waals surface area contributed by atoms with Gasteiger partial charge in [-0.05, 0) is 36.8 Å². The van der Waals surface area contributed by atoms with Gasteiger partial charge in [0.1, 0.15) is 0 Å². The Morgan fingerprint density at radius 1 is 1.03 bits per heavy atom. The summed E-state index contributed by atoms with van der Waals surface area (Å²) in [5.41, 5.74) is 3.08. The van der Waals surface area contributed by atoms with E-state index in [0.29, 0.717) is 0 Å². The Hall–Kier alpha value is -3.10. The van der Waals surface area contributed by atoms with Crippen molar-refractivity contribution >= 4 is 35.1 Å². The molecule has 1 aliphatic heterocycles. The van der Waals surface area contributed by atoms with Crippen molar-refractivity contribution in [2.24, 2.45) is 0 Å². The molecule has 6 nitrogen and oxygen atoms in total. The van der Waals surface area contributed by atoms with Crippen LogP contribution in [-0.4, -0.2) is 37.2 Å². The van der Waals surface area contributed by atoms with Gasteiger partial charge in [-0.3, -0.25) is 9.78 Å². The highest BCUT2D eigenvalue weighted by atomic mass is 32.2. The van der Waals surface area contributed by atoms with Crippen molar-refractivity contribution in [3.05, 3.63) is 84.7 Å². The Kier molecular flexibility index (Phi) is 6.46. The first-order chi connectivity index (χ1) is 16.3. The second-order valence-corrected chi connectivity index (χ2v) is 9.55. The van der Waals surface area contributed by atoms with Crippen LogP contribution >= 0.6 is 23.5 Å². The maximum absolute atomic E-state index is 13.6. The van der Waals surface area contributed by atoms with E-state index in [1.54, 1.807) is 24.2 Å². The third-order valence-corrected chi connectivity index (χ3v) is 7.67. The number of benzene rings is 2. The summed E-state index contributed by atoms with van der Waals surface area (Å²) in [6.45, 7) is 2.78. The van der Waals surface area contributed by atoms with Crippen molar-refractivity contribution < 1.29 is 4.79 Å². The second-order valence-electron chi connectivity index (χ2n) is 7.54. The lowest BCUT2D eigenvalue weighted by Gasteiger charge is -2.37. The molecule has 8 heteroatoms. The summed E-state index contributed by atoms with van der Waals surface area (Å²) < 4.78 is 2.04. The molecule has 4 aromatic rings. The number of pyridine rings is 1. The molecule has 1 atom stereocenters. The van der Waals surface area contributed by atoms with Crippen LogP contribution in [0, 0.1) is 0 Å². The highest BCUT2D eigenvalue weighted by molar-refractivity contribution is 8.00. The van der Waals surface area contributed by atoms with E-state index in [-0.39, 0.29) is 17.7 Å². The topological polar surface area (TPSA) is 63.9 Å². The molecule has 1 amide bonds. The molecule has 166 valence electrons. The molecule has 0 saturated carbocycles. The first-order valence-electron chi connectivity index (χ1n) is 10.8.